The van der Waals surface area contributed by atoms with Gasteiger partial charge in [0.25, 0.3) is 0 Å². The third-order valence-corrected chi connectivity index (χ3v) is 3.00. The highest BCUT2D eigenvalue weighted by molar-refractivity contribution is 6.30. The summed E-state index contributed by atoms with van der Waals surface area (Å²) in [6.45, 7) is 0. The van der Waals surface area contributed by atoms with Crippen LogP contribution in [0.3, 0.4) is 0 Å². The molecule has 0 unspecified atom stereocenters. The minimum Gasteiger partial charge on any atom is -0.383 e. The zero-order valence-electron chi connectivity index (χ0n) is 9.74. The van der Waals surface area contributed by atoms with Crippen molar-refractivity contribution < 1.29 is 13.2 Å². The molecule has 0 aliphatic rings. The van der Waals surface area contributed by atoms with Crippen molar-refractivity contribution in [3.63, 3.8) is 0 Å². The van der Waals surface area contributed by atoms with E-state index in [2.05, 4.69) is 15.3 Å². The average molecular weight is 302 g/mol. The van der Waals surface area contributed by atoms with Crippen molar-refractivity contribution in [2.45, 2.75) is 6.18 Å². The number of aromatic nitrogens is 4. The summed E-state index contributed by atoms with van der Waals surface area (Å²) >= 11 is 5.75. The lowest BCUT2D eigenvalue weighted by Gasteiger charge is -2.03. The molecule has 0 radical (unpaired) electrons. The highest BCUT2D eigenvalue weighted by Gasteiger charge is 2.39. The van der Waals surface area contributed by atoms with Gasteiger partial charge >= 0.3 is 6.18 Å². The third-order valence-electron chi connectivity index (χ3n) is 2.75. The Morgan fingerprint density at radius 1 is 1.20 bits per heavy atom. The van der Waals surface area contributed by atoms with Crippen LogP contribution >= 0.6 is 11.6 Å². The van der Waals surface area contributed by atoms with E-state index in [9.17, 15) is 13.2 Å². The second-order valence-corrected chi connectivity index (χ2v) is 4.51. The number of H-pyrrole nitrogens is 1. The fraction of sp³-hybridized carbons (Fsp3) is 0.0909. The fourth-order valence-corrected chi connectivity index (χ4v) is 2.02. The maximum atomic E-state index is 13.0. The van der Waals surface area contributed by atoms with Gasteiger partial charge in [0, 0.05) is 5.02 Å². The third kappa shape index (κ3) is 1.88. The summed E-state index contributed by atoms with van der Waals surface area (Å²) in [6, 6.07) is 6.18. The summed E-state index contributed by atoms with van der Waals surface area (Å²) in [5.74, 6) is -0.174. The van der Waals surface area contributed by atoms with Crippen LogP contribution in [0, 0.1) is 0 Å². The van der Waals surface area contributed by atoms with Gasteiger partial charge in [0.2, 0.25) is 0 Å². The number of aromatic amines is 1. The topological polar surface area (TPSA) is 72.5 Å². The van der Waals surface area contributed by atoms with Crippen molar-refractivity contribution in [2.24, 2.45) is 0 Å². The minimum atomic E-state index is -4.62. The van der Waals surface area contributed by atoms with Gasteiger partial charge in [-0.2, -0.15) is 23.4 Å². The number of alkyl halides is 3. The van der Waals surface area contributed by atoms with E-state index in [0.29, 0.717) is 10.7 Å². The highest BCUT2D eigenvalue weighted by atomic mass is 35.5. The SMILES string of the molecule is Nc1[nH]nc2c1c(C(F)(F)F)nn2-c1ccc(Cl)cc1. The number of anilines is 1. The number of benzene rings is 1. The number of hydrogen-bond donors (Lipinski definition) is 2. The number of hydrogen-bond acceptors (Lipinski definition) is 3. The van der Waals surface area contributed by atoms with Gasteiger partial charge in [-0.15, -0.1) is 0 Å². The van der Waals surface area contributed by atoms with Gasteiger partial charge in [0.05, 0.1) is 11.1 Å². The molecule has 2 aromatic heterocycles. The van der Waals surface area contributed by atoms with E-state index in [1.54, 1.807) is 24.3 Å². The summed E-state index contributed by atoms with van der Waals surface area (Å²) in [7, 11) is 0. The maximum absolute atomic E-state index is 13.0. The van der Waals surface area contributed by atoms with Crippen LogP contribution in [0.5, 0.6) is 0 Å². The quantitative estimate of drug-likeness (QED) is 0.725. The van der Waals surface area contributed by atoms with Crippen molar-refractivity contribution in [3.8, 4) is 5.69 Å². The first kappa shape index (κ1) is 12.8. The largest absolute Gasteiger partial charge is 0.436 e. The molecular formula is C11H7ClF3N5. The number of fused-ring (bicyclic) bond motifs is 1. The number of halogens is 4. The van der Waals surface area contributed by atoms with Gasteiger partial charge in [-0.05, 0) is 24.3 Å². The van der Waals surface area contributed by atoms with E-state index < -0.39 is 11.9 Å². The van der Waals surface area contributed by atoms with Crippen LogP contribution < -0.4 is 5.73 Å². The van der Waals surface area contributed by atoms with E-state index in [-0.39, 0.29) is 16.9 Å². The Morgan fingerprint density at radius 2 is 1.85 bits per heavy atom. The Kier molecular flexibility index (Phi) is 2.65. The predicted octanol–water partition coefficient (Wildman–Crippen LogP) is 3.00. The molecule has 3 aromatic rings. The van der Waals surface area contributed by atoms with E-state index in [4.69, 9.17) is 17.3 Å². The summed E-state index contributed by atoms with van der Waals surface area (Å²) in [4.78, 5) is 0. The first-order valence-corrected chi connectivity index (χ1v) is 5.81. The number of rotatable bonds is 1. The van der Waals surface area contributed by atoms with Gasteiger partial charge in [-0.1, -0.05) is 11.6 Å². The summed E-state index contributed by atoms with van der Waals surface area (Å²) in [5.41, 5.74) is 4.84. The molecule has 0 bridgehead atoms. The number of nitrogens with zero attached hydrogens (tertiary/aromatic N) is 3. The maximum Gasteiger partial charge on any atom is 0.436 e. The molecule has 0 saturated heterocycles. The summed E-state index contributed by atoms with van der Waals surface area (Å²) in [5, 5.41) is 9.89. The number of nitrogen functional groups attached to an aromatic ring is 1. The van der Waals surface area contributed by atoms with Crippen molar-refractivity contribution in [3.05, 3.63) is 35.0 Å². The number of nitrogens with two attached hydrogens (primary N) is 1. The lowest BCUT2D eigenvalue weighted by Crippen LogP contribution is -2.08. The molecule has 0 amide bonds. The van der Waals surface area contributed by atoms with E-state index in [0.717, 1.165) is 4.68 Å². The van der Waals surface area contributed by atoms with E-state index in [1.807, 2.05) is 0 Å². The standard InChI is InChI=1S/C11H7ClF3N5/c12-5-1-3-6(4-2-5)20-10-7(9(16)17-18-10)8(19-20)11(13,14)15/h1-4H,(H3,16,17,18). The molecule has 2 heterocycles. The molecule has 5 nitrogen and oxygen atoms in total. The molecule has 20 heavy (non-hydrogen) atoms. The molecule has 3 N–H and O–H groups in total. The second-order valence-electron chi connectivity index (χ2n) is 4.07. The first-order chi connectivity index (χ1) is 9.38. The van der Waals surface area contributed by atoms with E-state index in [1.165, 1.54) is 0 Å². The highest BCUT2D eigenvalue weighted by Crippen LogP contribution is 2.36. The Balaban J connectivity index is 2.29. The molecular weight excluding hydrogens is 295 g/mol. The van der Waals surface area contributed by atoms with Crippen molar-refractivity contribution in [2.75, 3.05) is 5.73 Å². The summed E-state index contributed by atoms with van der Waals surface area (Å²) in [6.07, 6.45) is -4.62. The van der Waals surface area contributed by atoms with Crippen LogP contribution in [-0.2, 0) is 6.18 Å². The molecule has 0 spiro atoms. The average Bonchev–Trinajstić information content (AvgIpc) is 2.91. The lowest BCUT2D eigenvalue weighted by molar-refractivity contribution is -0.140. The van der Waals surface area contributed by atoms with Crippen LogP contribution in [-0.4, -0.2) is 20.0 Å². The molecule has 9 heteroatoms. The Morgan fingerprint density at radius 3 is 2.45 bits per heavy atom. The summed E-state index contributed by atoms with van der Waals surface area (Å²) < 4.78 is 40.0. The van der Waals surface area contributed by atoms with Crippen molar-refractivity contribution >= 4 is 28.5 Å². The molecule has 0 atom stereocenters. The van der Waals surface area contributed by atoms with E-state index >= 15 is 0 Å². The first-order valence-electron chi connectivity index (χ1n) is 5.43. The molecule has 0 aliphatic carbocycles. The van der Waals surface area contributed by atoms with Crippen LogP contribution in [0.2, 0.25) is 5.02 Å². The molecule has 0 aliphatic heterocycles. The Hall–Kier alpha value is -2.22. The Bertz CT molecular complexity index is 772. The molecule has 0 saturated carbocycles. The Labute approximate surface area is 115 Å². The molecule has 104 valence electrons. The minimum absolute atomic E-state index is 0.0112. The smallest absolute Gasteiger partial charge is 0.383 e. The monoisotopic (exact) mass is 301 g/mol. The van der Waals surface area contributed by atoms with Gasteiger partial charge in [-0.3, -0.25) is 5.10 Å². The van der Waals surface area contributed by atoms with Gasteiger partial charge < -0.3 is 5.73 Å². The zero-order valence-corrected chi connectivity index (χ0v) is 10.5. The normalized spacial score (nSPS) is 12.2. The van der Waals surface area contributed by atoms with Gasteiger partial charge in [0.1, 0.15) is 5.82 Å². The van der Waals surface area contributed by atoms with Crippen molar-refractivity contribution in [1.82, 2.24) is 20.0 Å². The van der Waals surface area contributed by atoms with Gasteiger partial charge in [-0.25, -0.2) is 4.68 Å². The van der Waals surface area contributed by atoms with Crippen LogP contribution in [0.15, 0.2) is 24.3 Å². The van der Waals surface area contributed by atoms with Gasteiger partial charge in [0.15, 0.2) is 11.3 Å². The van der Waals surface area contributed by atoms with Crippen LogP contribution in [0.1, 0.15) is 5.69 Å². The van der Waals surface area contributed by atoms with Crippen molar-refractivity contribution in [1.29, 1.82) is 0 Å². The molecule has 1 aromatic carbocycles. The van der Waals surface area contributed by atoms with Crippen LogP contribution in [0.25, 0.3) is 16.7 Å². The van der Waals surface area contributed by atoms with Crippen LogP contribution in [0.4, 0.5) is 19.0 Å². The molecule has 3 rings (SSSR count). The predicted molar refractivity (Wildman–Crippen MR) is 67.6 cm³/mol. The fourth-order valence-electron chi connectivity index (χ4n) is 1.89. The molecule has 0 fully saturated rings. The zero-order chi connectivity index (χ0) is 14.5. The lowest BCUT2D eigenvalue weighted by atomic mass is 10.3. The second kappa shape index (κ2) is 4.14. The number of nitrogens with one attached hydrogen (secondary N) is 1.